The van der Waals surface area contributed by atoms with Gasteiger partial charge in [0.1, 0.15) is 12.0 Å². The summed E-state index contributed by atoms with van der Waals surface area (Å²) in [6.07, 6.45) is -1.22. The second-order valence-electron chi connectivity index (χ2n) is 8.59. The van der Waals surface area contributed by atoms with Crippen molar-refractivity contribution in [1.82, 2.24) is 0 Å². The van der Waals surface area contributed by atoms with Gasteiger partial charge >= 0.3 is 5.97 Å². The Kier molecular flexibility index (Phi) is 6.12. The van der Waals surface area contributed by atoms with Crippen LogP contribution in [0.25, 0.3) is 10.8 Å². The lowest BCUT2D eigenvalue weighted by Crippen LogP contribution is -2.38. The van der Waals surface area contributed by atoms with Gasteiger partial charge in [-0.3, -0.25) is 14.4 Å². The molecule has 1 heterocycles. The fourth-order valence-electron chi connectivity index (χ4n) is 4.43. The van der Waals surface area contributed by atoms with E-state index in [-0.39, 0.29) is 11.1 Å². The molecule has 7 heteroatoms. The van der Waals surface area contributed by atoms with Gasteiger partial charge in [-0.1, -0.05) is 66.2 Å². The molecule has 1 aliphatic heterocycles. The van der Waals surface area contributed by atoms with Crippen molar-refractivity contribution in [2.45, 2.75) is 13.0 Å². The van der Waals surface area contributed by atoms with Gasteiger partial charge < -0.3 is 10.1 Å². The highest BCUT2D eigenvalue weighted by atomic mass is 35.5. The van der Waals surface area contributed by atoms with Gasteiger partial charge in [-0.15, -0.1) is 0 Å². The number of carbonyl (C=O) groups excluding carboxylic acids is 4. The van der Waals surface area contributed by atoms with Crippen LogP contribution in [0.5, 0.6) is 0 Å². The SMILES string of the molecule is Cc1cc(Cl)ccc1NC(=O)C(=O)[C@@H](C(=O)c1ccc2ccccc2c1)[C@H]1OC(=O)c2ccccc21. The number of fused-ring (bicyclic) bond motifs is 2. The summed E-state index contributed by atoms with van der Waals surface area (Å²) >= 11 is 5.99. The van der Waals surface area contributed by atoms with E-state index in [1.54, 1.807) is 67.6 Å². The average Bonchev–Trinajstić information content (AvgIpc) is 3.21. The number of nitrogens with one attached hydrogen (secondary N) is 1. The van der Waals surface area contributed by atoms with Crippen LogP contribution in [0.4, 0.5) is 5.69 Å². The van der Waals surface area contributed by atoms with Crippen LogP contribution in [0.3, 0.4) is 0 Å². The molecule has 0 saturated heterocycles. The maximum Gasteiger partial charge on any atom is 0.339 e. The highest BCUT2D eigenvalue weighted by Crippen LogP contribution is 2.38. The summed E-state index contributed by atoms with van der Waals surface area (Å²) in [5.74, 6) is -4.81. The largest absolute Gasteiger partial charge is 0.453 e. The zero-order valence-electron chi connectivity index (χ0n) is 19.2. The van der Waals surface area contributed by atoms with E-state index in [1.807, 2.05) is 24.3 Å². The number of halogens is 1. The number of esters is 1. The van der Waals surface area contributed by atoms with Gasteiger partial charge in [0.15, 0.2) is 5.78 Å². The second kappa shape index (κ2) is 9.40. The van der Waals surface area contributed by atoms with Crippen LogP contribution in [0, 0.1) is 12.8 Å². The molecule has 1 N–H and O–H groups in total. The number of carbonyl (C=O) groups is 4. The molecule has 178 valence electrons. The summed E-state index contributed by atoms with van der Waals surface area (Å²) in [5.41, 5.74) is 1.94. The van der Waals surface area contributed by atoms with Crippen molar-refractivity contribution in [2.75, 3.05) is 5.32 Å². The molecule has 2 atom stereocenters. The van der Waals surface area contributed by atoms with Gasteiger partial charge in [0.2, 0.25) is 5.78 Å². The number of ether oxygens (including phenoxy) is 1. The molecule has 4 aromatic carbocycles. The summed E-state index contributed by atoms with van der Waals surface area (Å²) in [6, 6.07) is 23.9. The summed E-state index contributed by atoms with van der Waals surface area (Å²) in [7, 11) is 0. The Hall–Kier alpha value is -4.29. The minimum Gasteiger partial charge on any atom is -0.453 e. The van der Waals surface area contributed by atoms with Crippen LogP contribution in [-0.4, -0.2) is 23.4 Å². The van der Waals surface area contributed by atoms with E-state index in [4.69, 9.17) is 16.3 Å². The number of benzene rings is 4. The number of hydrogen-bond donors (Lipinski definition) is 1. The molecule has 0 aromatic heterocycles. The molecule has 0 radical (unpaired) electrons. The third-order valence-electron chi connectivity index (χ3n) is 6.28. The number of cyclic esters (lactones) is 1. The van der Waals surface area contributed by atoms with Crippen molar-refractivity contribution in [3.63, 3.8) is 0 Å². The van der Waals surface area contributed by atoms with Crippen molar-refractivity contribution >= 4 is 51.5 Å². The average molecular weight is 498 g/mol. The van der Waals surface area contributed by atoms with E-state index >= 15 is 0 Å². The molecule has 0 spiro atoms. The van der Waals surface area contributed by atoms with Crippen LogP contribution < -0.4 is 5.32 Å². The smallest absolute Gasteiger partial charge is 0.339 e. The lowest BCUT2D eigenvalue weighted by atomic mass is 9.84. The molecular formula is C29H20ClNO5. The maximum absolute atomic E-state index is 13.8. The molecule has 0 saturated carbocycles. The number of anilines is 1. The minimum absolute atomic E-state index is 0.239. The number of Topliss-reactive ketones (excluding diaryl/α,β-unsaturated/α-hetero) is 2. The molecule has 4 aromatic rings. The number of amides is 1. The summed E-state index contributed by atoms with van der Waals surface area (Å²) in [6.45, 7) is 1.73. The van der Waals surface area contributed by atoms with Crippen molar-refractivity contribution in [3.05, 3.63) is 112 Å². The van der Waals surface area contributed by atoms with Gasteiger partial charge in [-0.05, 0) is 53.6 Å². The first-order valence-electron chi connectivity index (χ1n) is 11.3. The first-order chi connectivity index (χ1) is 17.3. The highest BCUT2D eigenvalue weighted by molar-refractivity contribution is 6.45. The van der Waals surface area contributed by atoms with Crippen LogP contribution in [0.15, 0.2) is 84.9 Å². The van der Waals surface area contributed by atoms with E-state index < -0.39 is 35.5 Å². The third-order valence-corrected chi connectivity index (χ3v) is 6.52. The number of rotatable bonds is 6. The number of hydrogen-bond acceptors (Lipinski definition) is 5. The molecule has 0 aliphatic carbocycles. The van der Waals surface area contributed by atoms with Crippen LogP contribution in [0.2, 0.25) is 5.02 Å². The van der Waals surface area contributed by atoms with E-state index in [0.717, 1.165) is 10.8 Å². The monoisotopic (exact) mass is 497 g/mol. The first-order valence-corrected chi connectivity index (χ1v) is 11.7. The molecule has 1 amide bonds. The zero-order valence-corrected chi connectivity index (χ0v) is 19.9. The van der Waals surface area contributed by atoms with E-state index in [2.05, 4.69) is 5.32 Å². The van der Waals surface area contributed by atoms with Gasteiger partial charge in [0, 0.05) is 21.8 Å². The van der Waals surface area contributed by atoms with E-state index in [9.17, 15) is 19.2 Å². The quantitative estimate of drug-likeness (QED) is 0.159. The molecule has 0 fully saturated rings. The van der Waals surface area contributed by atoms with Crippen LogP contribution in [-0.2, 0) is 14.3 Å². The minimum atomic E-state index is -1.56. The molecule has 6 nitrogen and oxygen atoms in total. The Morgan fingerprint density at radius 1 is 0.889 bits per heavy atom. The summed E-state index contributed by atoms with van der Waals surface area (Å²) < 4.78 is 5.51. The summed E-state index contributed by atoms with van der Waals surface area (Å²) in [4.78, 5) is 53.0. The molecule has 5 rings (SSSR count). The Bertz CT molecular complexity index is 1560. The van der Waals surface area contributed by atoms with Crippen molar-refractivity contribution in [2.24, 2.45) is 5.92 Å². The van der Waals surface area contributed by atoms with Crippen molar-refractivity contribution < 1.29 is 23.9 Å². The first kappa shape index (κ1) is 23.5. The Morgan fingerprint density at radius 2 is 1.61 bits per heavy atom. The molecular weight excluding hydrogens is 478 g/mol. The topological polar surface area (TPSA) is 89.5 Å². The molecule has 0 bridgehead atoms. The van der Waals surface area contributed by atoms with Crippen molar-refractivity contribution in [3.8, 4) is 0 Å². The number of aryl methyl sites for hydroxylation is 1. The Labute approximate surface area is 211 Å². The molecule has 0 unspecified atom stereocenters. The second-order valence-corrected chi connectivity index (χ2v) is 9.03. The summed E-state index contributed by atoms with van der Waals surface area (Å²) in [5, 5.41) is 4.78. The lowest BCUT2D eigenvalue weighted by molar-refractivity contribution is -0.138. The predicted octanol–water partition coefficient (Wildman–Crippen LogP) is 5.72. The normalized spacial score (nSPS) is 15.2. The van der Waals surface area contributed by atoms with Crippen LogP contribution in [0.1, 0.15) is 37.9 Å². The van der Waals surface area contributed by atoms with Gasteiger partial charge in [-0.2, -0.15) is 0 Å². The lowest BCUT2D eigenvalue weighted by Gasteiger charge is -2.21. The highest BCUT2D eigenvalue weighted by Gasteiger charge is 2.46. The Balaban J connectivity index is 1.54. The van der Waals surface area contributed by atoms with E-state index in [0.29, 0.717) is 21.8 Å². The zero-order chi connectivity index (χ0) is 25.4. The Morgan fingerprint density at radius 3 is 2.39 bits per heavy atom. The predicted molar refractivity (Wildman–Crippen MR) is 136 cm³/mol. The van der Waals surface area contributed by atoms with Gasteiger partial charge in [0.05, 0.1) is 5.56 Å². The van der Waals surface area contributed by atoms with Crippen molar-refractivity contribution in [1.29, 1.82) is 0 Å². The van der Waals surface area contributed by atoms with E-state index in [1.165, 1.54) is 0 Å². The van der Waals surface area contributed by atoms with Crippen LogP contribution >= 0.6 is 11.6 Å². The fourth-order valence-corrected chi connectivity index (χ4v) is 4.66. The van der Waals surface area contributed by atoms with Gasteiger partial charge in [-0.25, -0.2) is 4.79 Å². The standard InChI is InChI=1S/C29H20ClNO5/c1-16-14-20(30)12-13-23(16)31-28(34)26(33)24(27-21-8-4-5-9-22(21)29(35)36-27)25(32)19-11-10-17-6-2-3-7-18(17)15-19/h2-15,24,27H,1H3,(H,31,34)/t24-,27+/m1/s1. The third kappa shape index (κ3) is 4.27. The maximum atomic E-state index is 13.8. The molecule has 1 aliphatic rings. The van der Waals surface area contributed by atoms with Gasteiger partial charge in [0.25, 0.3) is 5.91 Å². The number of ketones is 2. The molecule has 36 heavy (non-hydrogen) atoms. The fraction of sp³-hybridized carbons (Fsp3) is 0.103.